The Kier molecular flexibility index (Phi) is 4.94. The van der Waals surface area contributed by atoms with Crippen LogP contribution in [0.3, 0.4) is 0 Å². The Morgan fingerprint density at radius 1 is 1.30 bits per heavy atom. The summed E-state index contributed by atoms with van der Waals surface area (Å²) in [5.74, 6) is 5.27. The molecule has 0 spiro atoms. The summed E-state index contributed by atoms with van der Waals surface area (Å²) in [6.45, 7) is 0. The molecule has 3 rings (SSSR count). The molecule has 20 heavy (non-hydrogen) atoms. The van der Waals surface area contributed by atoms with Crippen molar-refractivity contribution in [1.82, 2.24) is 15.5 Å². The molecule has 1 aromatic rings. The molecule has 1 unspecified atom stereocenters. The highest BCUT2D eigenvalue weighted by molar-refractivity contribution is 8.06. The minimum atomic E-state index is 0.177. The summed E-state index contributed by atoms with van der Waals surface area (Å²) in [7, 11) is 2.07. The van der Waals surface area contributed by atoms with Gasteiger partial charge in [-0.3, -0.25) is 0 Å². The van der Waals surface area contributed by atoms with Crippen molar-refractivity contribution in [3.8, 4) is 0 Å². The first kappa shape index (κ1) is 14.7. The Balaban J connectivity index is 1.66. The lowest BCUT2D eigenvalue weighted by Gasteiger charge is -2.36. The molecule has 2 aliphatic rings. The Bertz CT molecular complexity index is 426. The Hall–Kier alpha value is -0.200. The largest absolute Gasteiger partial charge is 0.339 e. The number of thioether (sulfide) groups is 2. The third-order valence-corrected chi connectivity index (χ3v) is 7.17. The Labute approximate surface area is 129 Å². The molecule has 0 bridgehead atoms. The summed E-state index contributed by atoms with van der Waals surface area (Å²) < 4.78 is 5.52. The van der Waals surface area contributed by atoms with Crippen molar-refractivity contribution in [2.45, 2.75) is 49.3 Å². The van der Waals surface area contributed by atoms with E-state index in [0.717, 1.165) is 23.9 Å². The van der Waals surface area contributed by atoms with E-state index in [1.807, 2.05) is 23.5 Å². The molecule has 1 aliphatic heterocycles. The summed E-state index contributed by atoms with van der Waals surface area (Å²) in [4.78, 5) is 4.67. The molecule has 4 nitrogen and oxygen atoms in total. The van der Waals surface area contributed by atoms with Crippen molar-refractivity contribution in [3.05, 3.63) is 11.7 Å². The van der Waals surface area contributed by atoms with Crippen molar-refractivity contribution in [1.29, 1.82) is 0 Å². The molecule has 0 aromatic carbocycles. The van der Waals surface area contributed by atoms with E-state index in [1.165, 1.54) is 43.6 Å². The lowest BCUT2D eigenvalue weighted by atomic mass is 9.79. The van der Waals surface area contributed by atoms with Gasteiger partial charge >= 0.3 is 0 Å². The average Bonchev–Trinajstić information content (AvgIpc) is 2.97. The lowest BCUT2D eigenvalue weighted by Crippen LogP contribution is -2.46. The maximum atomic E-state index is 5.52. The van der Waals surface area contributed by atoms with E-state index < -0.39 is 0 Å². The van der Waals surface area contributed by atoms with Crippen molar-refractivity contribution >= 4 is 23.5 Å². The van der Waals surface area contributed by atoms with E-state index >= 15 is 0 Å². The van der Waals surface area contributed by atoms with E-state index in [1.54, 1.807) is 0 Å². The highest BCUT2D eigenvalue weighted by Crippen LogP contribution is 2.36. The van der Waals surface area contributed by atoms with Crippen LogP contribution in [0, 0.1) is 0 Å². The van der Waals surface area contributed by atoms with Gasteiger partial charge in [0, 0.05) is 29.2 Å². The van der Waals surface area contributed by atoms with Gasteiger partial charge in [-0.25, -0.2) is 0 Å². The van der Waals surface area contributed by atoms with Gasteiger partial charge < -0.3 is 9.84 Å². The van der Waals surface area contributed by atoms with Crippen LogP contribution in [0.4, 0.5) is 0 Å². The summed E-state index contributed by atoms with van der Waals surface area (Å²) in [6.07, 6.45) is 7.27. The fourth-order valence-electron chi connectivity index (χ4n) is 3.14. The molecular weight excluding hydrogens is 290 g/mol. The van der Waals surface area contributed by atoms with Crippen LogP contribution in [-0.4, -0.2) is 40.0 Å². The number of hydrogen-bond donors (Lipinski definition) is 1. The molecule has 0 amide bonds. The highest BCUT2D eigenvalue weighted by atomic mass is 32.2. The van der Waals surface area contributed by atoms with Crippen LogP contribution >= 0.6 is 23.5 Å². The van der Waals surface area contributed by atoms with E-state index in [2.05, 4.69) is 22.5 Å². The molecule has 1 saturated carbocycles. The van der Waals surface area contributed by atoms with Gasteiger partial charge in [0.05, 0.1) is 5.25 Å². The van der Waals surface area contributed by atoms with Crippen molar-refractivity contribution in [3.63, 3.8) is 0 Å². The zero-order valence-corrected chi connectivity index (χ0v) is 13.7. The van der Waals surface area contributed by atoms with Gasteiger partial charge in [-0.05, 0) is 19.9 Å². The number of nitrogens with one attached hydrogen (secondary N) is 1. The third kappa shape index (κ3) is 3.34. The zero-order valence-electron chi connectivity index (χ0n) is 12.1. The summed E-state index contributed by atoms with van der Waals surface area (Å²) in [6, 6.07) is 0. The van der Waals surface area contributed by atoms with Crippen LogP contribution in [0.1, 0.15) is 49.1 Å². The molecule has 1 aromatic heterocycles. The van der Waals surface area contributed by atoms with Crippen molar-refractivity contribution in [2.24, 2.45) is 0 Å². The molecule has 1 atom stereocenters. The summed E-state index contributed by atoms with van der Waals surface area (Å²) >= 11 is 3.95. The predicted molar refractivity (Wildman–Crippen MR) is 85.4 cm³/mol. The SMILES string of the molecule is CNC1(Cc2nc(C3CSCCS3)no2)CCCCC1. The van der Waals surface area contributed by atoms with Gasteiger partial charge in [0.15, 0.2) is 5.82 Å². The van der Waals surface area contributed by atoms with Crippen LogP contribution in [0.2, 0.25) is 0 Å². The minimum absolute atomic E-state index is 0.177. The van der Waals surface area contributed by atoms with Crippen molar-refractivity contribution < 1.29 is 4.52 Å². The standard InChI is InChI=1S/C14H23N3OS2/c1-15-14(5-3-2-4-6-14)9-12-16-13(17-18-12)11-10-19-7-8-20-11/h11,15H,2-10H2,1H3. The molecule has 1 aliphatic carbocycles. The van der Waals surface area contributed by atoms with Crippen LogP contribution in [0.15, 0.2) is 4.52 Å². The van der Waals surface area contributed by atoms with Gasteiger partial charge in [-0.1, -0.05) is 24.4 Å². The molecule has 6 heteroatoms. The van der Waals surface area contributed by atoms with Gasteiger partial charge in [-0.15, -0.1) is 11.8 Å². The van der Waals surface area contributed by atoms with Gasteiger partial charge in [0.2, 0.25) is 5.89 Å². The number of rotatable bonds is 4. The first-order valence-electron chi connectivity index (χ1n) is 7.52. The smallest absolute Gasteiger partial charge is 0.228 e. The second-order valence-electron chi connectivity index (χ2n) is 5.75. The van der Waals surface area contributed by atoms with E-state index in [0.29, 0.717) is 5.25 Å². The second-order valence-corrected chi connectivity index (χ2v) is 8.21. The lowest BCUT2D eigenvalue weighted by molar-refractivity contribution is 0.221. The topological polar surface area (TPSA) is 51.0 Å². The number of hydrogen-bond acceptors (Lipinski definition) is 6. The van der Waals surface area contributed by atoms with Crippen LogP contribution in [0.5, 0.6) is 0 Å². The molecular formula is C14H23N3OS2. The van der Waals surface area contributed by atoms with E-state index in [4.69, 9.17) is 4.52 Å². The summed E-state index contributed by atoms with van der Waals surface area (Å²) in [5.41, 5.74) is 0.177. The maximum absolute atomic E-state index is 5.52. The van der Waals surface area contributed by atoms with Crippen molar-refractivity contribution in [2.75, 3.05) is 24.3 Å². The quantitative estimate of drug-likeness (QED) is 0.922. The molecule has 2 heterocycles. The predicted octanol–water partition coefficient (Wildman–Crippen LogP) is 3.06. The van der Waals surface area contributed by atoms with Crippen LogP contribution in [-0.2, 0) is 6.42 Å². The zero-order chi connectivity index (χ0) is 13.8. The first-order valence-corrected chi connectivity index (χ1v) is 9.72. The minimum Gasteiger partial charge on any atom is -0.339 e. The van der Waals surface area contributed by atoms with E-state index in [-0.39, 0.29) is 5.54 Å². The number of likely N-dealkylation sites (N-methyl/N-ethyl adjacent to an activating group) is 1. The van der Waals surface area contributed by atoms with E-state index in [9.17, 15) is 0 Å². The van der Waals surface area contributed by atoms with Gasteiger partial charge in [0.25, 0.3) is 0 Å². The fraction of sp³-hybridized carbons (Fsp3) is 0.857. The van der Waals surface area contributed by atoms with Crippen LogP contribution < -0.4 is 5.32 Å². The molecule has 1 saturated heterocycles. The fourth-order valence-corrected chi connectivity index (χ4v) is 5.73. The van der Waals surface area contributed by atoms with Gasteiger partial charge in [0.1, 0.15) is 0 Å². The number of nitrogens with zero attached hydrogens (tertiary/aromatic N) is 2. The highest BCUT2D eigenvalue weighted by Gasteiger charge is 2.33. The summed E-state index contributed by atoms with van der Waals surface area (Å²) in [5, 5.41) is 8.16. The Morgan fingerprint density at radius 3 is 2.85 bits per heavy atom. The normalized spacial score (nSPS) is 26.6. The maximum Gasteiger partial charge on any atom is 0.228 e. The van der Waals surface area contributed by atoms with Crippen LogP contribution in [0.25, 0.3) is 0 Å². The Morgan fingerprint density at radius 2 is 2.15 bits per heavy atom. The second kappa shape index (κ2) is 6.71. The molecule has 0 radical (unpaired) electrons. The third-order valence-electron chi connectivity index (χ3n) is 4.42. The number of aromatic nitrogens is 2. The average molecular weight is 313 g/mol. The first-order chi connectivity index (χ1) is 9.81. The molecule has 2 fully saturated rings. The monoisotopic (exact) mass is 313 g/mol. The van der Waals surface area contributed by atoms with Gasteiger partial charge in [-0.2, -0.15) is 16.7 Å². The molecule has 1 N–H and O–H groups in total. The molecule has 112 valence electrons.